The summed E-state index contributed by atoms with van der Waals surface area (Å²) >= 11 is 0. The molecule has 2 N–H and O–H groups in total. The summed E-state index contributed by atoms with van der Waals surface area (Å²) < 4.78 is 0. The van der Waals surface area contributed by atoms with Crippen molar-refractivity contribution in [1.82, 2.24) is 0 Å². The minimum atomic E-state index is -1.07. The number of rotatable bonds is 7. The number of piperidine rings is 1. The third-order valence-corrected chi connectivity index (χ3v) is 6.85. The Morgan fingerprint density at radius 3 is 2.11 bits per heavy atom. The van der Waals surface area contributed by atoms with Crippen LogP contribution in [0.2, 0.25) is 0 Å². The molecule has 0 spiro atoms. The Balaban J connectivity index is 1.53. The minimum absolute atomic E-state index is 0.0430. The van der Waals surface area contributed by atoms with Crippen LogP contribution in [-0.2, 0) is 10.4 Å². The minimum Gasteiger partial charge on any atom is -0.380 e. The molecule has 5 heteroatoms. The zero-order valence-electron chi connectivity index (χ0n) is 20.4. The lowest BCUT2D eigenvalue weighted by Gasteiger charge is -2.43. The molecule has 3 aromatic rings. The van der Waals surface area contributed by atoms with Crippen molar-refractivity contribution in [3.63, 3.8) is 0 Å². The van der Waals surface area contributed by atoms with E-state index in [4.69, 9.17) is 0 Å². The second kappa shape index (κ2) is 10.8. The number of carbonyl (C=O) groups excluding carboxylic acids is 1. The van der Waals surface area contributed by atoms with Gasteiger partial charge in [0.05, 0.1) is 11.3 Å². The summed E-state index contributed by atoms with van der Waals surface area (Å²) in [5.41, 5.74) is 2.81. The fraction of sp³-hybridized carbons (Fsp3) is 0.333. The maximum atomic E-state index is 12.1. The highest BCUT2D eigenvalue weighted by Crippen LogP contribution is 2.42. The summed E-state index contributed by atoms with van der Waals surface area (Å²) in [4.78, 5) is 14.4. The molecule has 35 heavy (non-hydrogen) atoms. The Kier molecular flexibility index (Phi) is 7.53. The Hall–Kier alpha value is -3.62. The van der Waals surface area contributed by atoms with Crippen molar-refractivity contribution in [3.05, 3.63) is 95.6 Å². The average Bonchev–Trinajstić information content (AvgIpc) is 2.89. The molecule has 1 aliphatic rings. The maximum Gasteiger partial charge on any atom is 0.224 e. The van der Waals surface area contributed by atoms with E-state index >= 15 is 0 Å². The number of hydrogen-bond acceptors (Lipinski definition) is 4. The fourth-order valence-corrected chi connectivity index (χ4v) is 5.12. The SMILES string of the molecule is CC(C)CC(=O)Nc1ccc(N2CCC(C(O)(c3ccccc3)c3ccccc3)CC2)c(C#N)c1. The number of nitrogens with zero attached hydrogens (tertiary/aromatic N) is 2. The van der Waals surface area contributed by atoms with Crippen molar-refractivity contribution >= 4 is 17.3 Å². The first-order valence-electron chi connectivity index (χ1n) is 12.3. The predicted molar refractivity (Wildman–Crippen MR) is 140 cm³/mol. The number of benzene rings is 3. The number of nitriles is 1. The molecule has 1 heterocycles. The van der Waals surface area contributed by atoms with Crippen LogP contribution in [0.3, 0.4) is 0 Å². The largest absolute Gasteiger partial charge is 0.380 e. The molecule has 0 atom stereocenters. The molecule has 3 aromatic carbocycles. The quantitative estimate of drug-likeness (QED) is 0.468. The van der Waals surface area contributed by atoms with Gasteiger partial charge in [0.25, 0.3) is 0 Å². The monoisotopic (exact) mass is 467 g/mol. The molecule has 1 aliphatic heterocycles. The first-order valence-corrected chi connectivity index (χ1v) is 12.3. The van der Waals surface area contributed by atoms with Gasteiger partial charge >= 0.3 is 0 Å². The van der Waals surface area contributed by atoms with Crippen molar-refractivity contribution in [3.8, 4) is 6.07 Å². The number of hydrogen-bond donors (Lipinski definition) is 2. The van der Waals surface area contributed by atoms with Crippen LogP contribution in [0.15, 0.2) is 78.9 Å². The molecule has 0 radical (unpaired) electrons. The van der Waals surface area contributed by atoms with Gasteiger partial charge in [-0.25, -0.2) is 0 Å². The predicted octanol–water partition coefficient (Wildman–Crippen LogP) is 5.70. The molecule has 5 nitrogen and oxygen atoms in total. The Labute approximate surface area is 208 Å². The standard InChI is InChI=1S/C30H33N3O2/c1-22(2)19-29(34)32-27-13-14-28(23(20-27)21-31)33-17-15-26(16-18-33)30(35,24-9-5-3-6-10-24)25-11-7-4-8-12-25/h3-14,20,22,26,35H,15-19H2,1-2H3,(H,32,34). The van der Waals surface area contributed by atoms with Gasteiger partial charge in [-0.1, -0.05) is 74.5 Å². The molecule has 0 aliphatic carbocycles. The second-order valence-corrected chi connectivity index (χ2v) is 9.75. The van der Waals surface area contributed by atoms with Gasteiger partial charge in [-0.15, -0.1) is 0 Å². The van der Waals surface area contributed by atoms with E-state index in [0.717, 1.165) is 42.7 Å². The van der Waals surface area contributed by atoms with E-state index in [1.54, 1.807) is 6.07 Å². The summed E-state index contributed by atoms with van der Waals surface area (Å²) in [5.74, 6) is 0.277. The van der Waals surface area contributed by atoms with E-state index in [9.17, 15) is 15.2 Å². The molecule has 1 fully saturated rings. The van der Waals surface area contributed by atoms with E-state index in [2.05, 4.69) is 16.3 Å². The van der Waals surface area contributed by atoms with Crippen LogP contribution >= 0.6 is 0 Å². The maximum absolute atomic E-state index is 12.1. The van der Waals surface area contributed by atoms with Crippen molar-refractivity contribution in [2.45, 2.75) is 38.7 Å². The molecule has 0 aromatic heterocycles. The molecular weight excluding hydrogens is 434 g/mol. The van der Waals surface area contributed by atoms with E-state index in [-0.39, 0.29) is 17.7 Å². The highest BCUT2D eigenvalue weighted by Gasteiger charge is 2.41. The lowest BCUT2D eigenvalue weighted by molar-refractivity contribution is -0.116. The first-order chi connectivity index (χ1) is 16.9. The fourth-order valence-electron chi connectivity index (χ4n) is 5.12. The molecule has 4 rings (SSSR count). The Morgan fingerprint density at radius 1 is 1.03 bits per heavy atom. The van der Waals surface area contributed by atoms with Crippen molar-refractivity contribution in [2.75, 3.05) is 23.3 Å². The smallest absolute Gasteiger partial charge is 0.224 e. The van der Waals surface area contributed by atoms with E-state index in [1.807, 2.05) is 86.6 Å². The normalized spacial score (nSPS) is 14.5. The topological polar surface area (TPSA) is 76.4 Å². The van der Waals surface area contributed by atoms with Crippen LogP contribution < -0.4 is 10.2 Å². The highest BCUT2D eigenvalue weighted by atomic mass is 16.3. The van der Waals surface area contributed by atoms with Crippen molar-refractivity contribution in [1.29, 1.82) is 5.26 Å². The van der Waals surface area contributed by atoms with Gasteiger partial charge in [0.2, 0.25) is 5.91 Å². The lowest BCUT2D eigenvalue weighted by Crippen LogP contribution is -2.44. The molecule has 180 valence electrons. The van der Waals surface area contributed by atoms with Crippen LogP contribution in [0.5, 0.6) is 0 Å². The number of carbonyl (C=O) groups is 1. The first kappa shape index (κ1) is 24.5. The summed E-state index contributed by atoms with van der Waals surface area (Å²) in [6, 6.07) is 27.7. The highest BCUT2D eigenvalue weighted by molar-refractivity contribution is 5.91. The van der Waals surface area contributed by atoms with Gasteiger partial charge in [0.15, 0.2) is 0 Å². The molecule has 0 unspecified atom stereocenters. The van der Waals surface area contributed by atoms with Crippen molar-refractivity contribution < 1.29 is 9.90 Å². The summed E-state index contributed by atoms with van der Waals surface area (Å²) in [5, 5.41) is 24.8. The summed E-state index contributed by atoms with van der Waals surface area (Å²) in [6.45, 7) is 5.48. The zero-order chi connectivity index (χ0) is 24.8. The second-order valence-electron chi connectivity index (χ2n) is 9.75. The molecule has 1 saturated heterocycles. The van der Waals surface area contributed by atoms with E-state index < -0.39 is 5.60 Å². The summed E-state index contributed by atoms with van der Waals surface area (Å²) in [6.07, 6.45) is 2.03. The number of nitrogens with one attached hydrogen (secondary N) is 1. The van der Waals surface area contributed by atoms with Crippen LogP contribution in [0, 0.1) is 23.2 Å². The third kappa shape index (κ3) is 5.39. The Morgan fingerprint density at radius 2 is 1.60 bits per heavy atom. The molecular formula is C30H33N3O2. The number of aliphatic hydroxyl groups is 1. The van der Waals surface area contributed by atoms with Gasteiger partial charge in [0.1, 0.15) is 11.7 Å². The molecule has 0 saturated carbocycles. The Bertz CT molecular complexity index is 1140. The number of amides is 1. The van der Waals surface area contributed by atoms with Gasteiger partial charge in [-0.2, -0.15) is 5.26 Å². The molecule has 0 bridgehead atoms. The van der Waals surface area contributed by atoms with Crippen LogP contribution in [0.4, 0.5) is 11.4 Å². The van der Waals surface area contributed by atoms with Crippen LogP contribution in [-0.4, -0.2) is 24.1 Å². The zero-order valence-corrected chi connectivity index (χ0v) is 20.4. The average molecular weight is 468 g/mol. The molecule has 1 amide bonds. The van der Waals surface area contributed by atoms with Gasteiger partial charge < -0.3 is 15.3 Å². The van der Waals surface area contributed by atoms with Crippen LogP contribution in [0.1, 0.15) is 49.8 Å². The van der Waals surface area contributed by atoms with Gasteiger partial charge in [-0.05, 0) is 54.0 Å². The van der Waals surface area contributed by atoms with Gasteiger partial charge in [-0.3, -0.25) is 4.79 Å². The van der Waals surface area contributed by atoms with Crippen molar-refractivity contribution in [2.24, 2.45) is 11.8 Å². The number of anilines is 2. The van der Waals surface area contributed by atoms with Gasteiger partial charge in [0, 0.05) is 25.2 Å². The lowest BCUT2D eigenvalue weighted by atomic mass is 9.72. The van der Waals surface area contributed by atoms with E-state index in [0.29, 0.717) is 17.7 Å². The van der Waals surface area contributed by atoms with E-state index in [1.165, 1.54) is 0 Å². The summed E-state index contributed by atoms with van der Waals surface area (Å²) in [7, 11) is 0. The third-order valence-electron chi connectivity index (χ3n) is 6.85. The van der Waals surface area contributed by atoms with Crippen LogP contribution in [0.25, 0.3) is 0 Å².